The van der Waals surface area contributed by atoms with Crippen LogP contribution >= 0.6 is 0 Å². The summed E-state index contributed by atoms with van der Waals surface area (Å²) in [5.41, 5.74) is 0.371. The topological polar surface area (TPSA) is 67.2 Å². The number of amides is 1. The van der Waals surface area contributed by atoms with Gasteiger partial charge in [0.15, 0.2) is 5.82 Å². The minimum Gasteiger partial charge on any atom is -0.506 e. The molecule has 0 aliphatic rings. The number of aromatic hydroxyl groups is 1. The molecule has 2 rings (SSSR count). The first-order valence-electron chi connectivity index (χ1n) is 4.75. The fraction of sp³-hybridized carbons (Fsp3) is 0.0909. The quantitative estimate of drug-likeness (QED) is 0.747. The highest BCUT2D eigenvalue weighted by Gasteiger charge is 2.12. The molecule has 16 heavy (non-hydrogen) atoms. The summed E-state index contributed by atoms with van der Waals surface area (Å²) in [4.78, 5) is 15.7. The van der Waals surface area contributed by atoms with Crippen molar-refractivity contribution < 1.29 is 9.90 Å². The largest absolute Gasteiger partial charge is 0.506 e. The van der Waals surface area contributed by atoms with E-state index in [-0.39, 0.29) is 11.7 Å². The summed E-state index contributed by atoms with van der Waals surface area (Å²) in [6.45, 7) is 0. The molecule has 0 saturated heterocycles. The zero-order chi connectivity index (χ0) is 11.5. The lowest BCUT2D eigenvalue weighted by molar-refractivity contribution is 0.101. The van der Waals surface area contributed by atoms with Crippen molar-refractivity contribution in [2.24, 2.45) is 7.05 Å². The van der Waals surface area contributed by atoms with E-state index in [0.29, 0.717) is 11.5 Å². The monoisotopic (exact) mass is 217 g/mol. The Morgan fingerprint density at radius 3 is 2.81 bits per heavy atom. The molecule has 1 aromatic carbocycles. The number of benzene rings is 1. The first-order valence-corrected chi connectivity index (χ1v) is 4.75. The number of carbonyl (C=O) groups excluding carboxylic acids is 1. The van der Waals surface area contributed by atoms with E-state index in [1.807, 2.05) is 0 Å². The summed E-state index contributed by atoms with van der Waals surface area (Å²) >= 11 is 0. The summed E-state index contributed by atoms with van der Waals surface area (Å²) in [5.74, 6) is -0.0256. The van der Waals surface area contributed by atoms with Gasteiger partial charge in [0.2, 0.25) is 0 Å². The molecule has 0 radical (unpaired) electrons. The lowest BCUT2D eigenvalue weighted by Gasteiger charge is -2.06. The summed E-state index contributed by atoms with van der Waals surface area (Å²) in [6, 6.07) is 6.55. The van der Waals surface area contributed by atoms with Gasteiger partial charge in [-0.25, -0.2) is 4.98 Å². The highest BCUT2D eigenvalue weighted by molar-refractivity contribution is 6.02. The zero-order valence-electron chi connectivity index (χ0n) is 8.71. The second-order valence-corrected chi connectivity index (χ2v) is 3.33. The van der Waals surface area contributed by atoms with E-state index in [4.69, 9.17) is 0 Å². The molecule has 1 aromatic heterocycles. The predicted molar refractivity (Wildman–Crippen MR) is 59.3 cm³/mol. The highest BCUT2D eigenvalue weighted by atomic mass is 16.3. The minimum absolute atomic E-state index is 0.0325. The highest BCUT2D eigenvalue weighted by Crippen LogP contribution is 2.21. The molecule has 0 fully saturated rings. The van der Waals surface area contributed by atoms with Gasteiger partial charge >= 0.3 is 0 Å². The van der Waals surface area contributed by atoms with Gasteiger partial charge in [0.25, 0.3) is 5.91 Å². The average molecular weight is 217 g/mol. The average Bonchev–Trinajstić information content (AvgIpc) is 2.68. The van der Waals surface area contributed by atoms with Crippen LogP contribution in [0.5, 0.6) is 5.75 Å². The van der Waals surface area contributed by atoms with Crippen molar-refractivity contribution in [1.29, 1.82) is 0 Å². The van der Waals surface area contributed by atoms with Gasteiger partial charge in [-0.15, -0.1) is 0 Å². The van der Waals surface area contributed by atoms with Gasteiger partial charge in [-0.1, -0.05) is 12.1 Å². The number of nitrogens with zero attached hydrogens (tertiary/aromatic N) is 2. The molecule has 1 amide bonds. The molecule has 2 N–H and O–H groups in total. The SMILES string of the molecule is Cn1ccnc1C(=O)Nc1ccccc1O. The standard InChI is InChI=1S/C11H11N3O2/c1-14-7-6-12-10(14)11(16)13-8-4-2-3-5-9(8)15/h2-7,15H,1H3,(H,13,16). The normalized spacial score (nSPS) is 10.1. The molecule has 1 heterocycles. The summed E-state index contributed by atoms with van der Waals surface area (Å²) in [6.07, 6.45) is 3.22. The van der Waals surface area contributed by atoms with Gasteiger partial charge in [0.1, 0.15) is 5.75 Å². The molecule has 0 unspecified atom stereocenters. The molecule has 5 nitrogen and oxygen atoms in total. The third-order valence-corrected chi connectivity index (χ3v) is 2.18. The van der Waals surface area contributed by atoms with Gasteiger partial charge in [-0.2, -0.15) is 0 Å². The molecule has 0 aliphatic carbocycles. The molecule has 0 bridgehead atoms. The summed E-state index contributed by atoms with van der Waals surface area (Å²) in [7, 11) is 1.73. The summed E-state index contributed by atoms with van der Waals surface area (Å²) in [5, 5.41) is 12.1. The van der Waals surface area contributed by atoms with Crippen LogP contribution in [0.25, 0.3) is 0 Å². The van der Waals surface area contributed by atoms with Crippen molar-refractivity contribution in [3.05, 3.63) is 42.5 Å². The van der Waals surface area contributed by atoms with E-state index >= 15 is 0 Å². The van der Waals surface area contributed by atoms with Gasteiger partial charge in [-0.05, 0) is 12.1 Å². The molecular formula is C11H11N3O2. The first kappa shape index (κ1) is 10.2. The van der Waals surface area contributed by atoms with Gasteiger partial charge in [0.05, 0.1) is 5.69 Å². The number of carbonyl (C=O) groups is 1. The van der Waals surface area contributed by atoms with E-state index in [1.54, 1.807) is 42.2 Å². The van der Waals surface area contributed by atoms with Crippen LogP contribution in [0.3, 0.4) is 0 Å². The van der Waals surface area contributed by atoms with Crippen molar-refractivity contribution >= 4 is 11.6 Å². The Bertz CT molecular complexity index is 519. The molecular weight excluding hydrogens is 206 g/mol. The number of aromatic nitrogens is 2. The van der Waals surface area contributed by atoms with Gasteiger partial charge in [0, 0.05) is 19.4 Å². The van der Waals surface area contributed by atoms with Crippen molar-refractivity contribution in [3.8, 4) is 5.75 Å². The number of aryl methyl sites for hydroxylation is 1. The van der Waals surface area contributed by atoms with E-state index in [1.165, 1.54) is 6.07 Å². The fourth-order valence-corrected chi connectivity index (χ4v) is 1.34. The second-order valence-electron chi connectivity index (χ2n) is 3.33. The van der Waals surface area contributed by atoms with Crippen LogP contribution in [0.1, 0.15) is 10.6 Å². The second kappa shape index (κ2) is 4.06. The number of rotatable bonds is 2. The smallest absolute Gasteiger partial charge is 0.291 e. The Labute approximate surface area is 92.4 Å². The Morgan fingerprint density at radius 1 is 1.44 bits per heavy atom. The third kappa shape index (κ3) is 1.88. The van der Waals surface area contributed by atoms with Gasteiger partial charge < -0.3 is 15.0 Å². The van der Waals surface area contributed by atoms with Crippen LogP contribution in [-0.4, -0.2) is 20.6 Å². The number of phenols is 1. The number of phenolic OH excluding ortho intramolecular Hbond substituents is 1. The molecule has 82 valence electrons. The lowest BCUT2D eigenvalue weighted by Crippen LogP contribution is -2.16. The van der Waals surface area contributed by atoms with Crippen molar-refractivity contribution in [1.82, 2.24) is 9.55 Å². The van der Waals surface area contributed by atoms with E-state index < -0.39 is 0 Å². The number of hydrogen-bond donors (Lipinski definition) is 2. The zero-order valence-corrected chi connectivity index (χ0v) is 8.71. The first-order chi connectivity index (χ1) is 7.68. The predicted octanol–water partition coefficient (Wildman–Crippen LogP) is 1.38. The molecule has 0 atom stereocenters. The Morgan fingerprint density at radius 2 is 2.19 bits per heavy atom. The van der Waals surface area contributed by atoms with Crippen LogP contribution in [-0.2, 0) is 7.05 Å². The maximum Gasteiger partial charge on any atom is 0.291 e. The summed E-state index contributed by atoms with van der Waals surface area (Å²) < 4.78 is 1.61. The Balaban J connectivity index is 2.21. The number of para-hydroxylation sites is 2. The number of imidazole rings is 1. The van der Waals surface area contributed by atoms with E-state index in [9.17, 15) is 9.90 Å². The van der Waals surface area contributed by atoms with Crippen molar-refractivity contribution in [3.63, 3.8) is 0 Å². The van der Waals surface area contributed by atoms with E-state index in [2.05, 4.69) is 10.3 Å². The fourth-order valence-electron chi connectivity index (χ4n) is 1.34. The van der Waals surface area contributed by atoms with Crippen molar-refractivity contribution in [2.75, 3.05) is 5.32 Å². The Hall–Kier alpha value is -2.30. The molecule has 0 spiro atoms. The maximum absolute atomic E-state index is 11.7. The van der Waals surface area contributed by atoms with Crippen molar-refractivity contribution in [2.45, 2.75) is 0 Å². The van der Waals surface area contributed by atoms with Crippen LogP contribution in [0.15, 0.2) is 36.7 Å². The maximum atomic E-state index is 11.7. The molecule has 0 saturated carbocycles. The van der Waals surface area contributed by atoms with Crippen LogP contribution in [0.4, 0.5) is 5.69 Å². The lowest BCUT2D eigenvalue weighted by atomic mass is 10.3. The van der Waals surface area contributed by atoms with Crippen LogP contribution in [0, 0.1) is 0 Å². The number of anilines is 1. The van der Waals surface area contributed by atoms with Crippen LogP contribution in [0.2, 0.25) is 0 Å². The molecule has 2 aromatic rings. The number of hydrogen-bond acceptors (Lipinski definition) is 3. The van der Waals surface area contributed by atoms with E-state index in [0.717, 1.165) is 0 Å². The van der Waals surface area contributed by atoms with Gasteiger partial charge in [-0.3, -0.25) is 4.79 Å². The number of nitrogens with one attached hydrogen (secondary N) is 1. The molecule has 5 heteroatoms. The minimum atomic E-state index is -0.353. The third-order valence-electron chi connectivity index (χ3n) is 2.18. The Kier molecular flexibility index (Phi) is 2.59. The van der Waals surface area contributed by atoms with Crippen LogP contribution < -0.4 is 5.32 Å². The molecule has 0 aliphatic heterocycles.